The number of benzene rings is 1. The molecule has 1 aromatic rings. The predicted molar refractivity (Wildman–Crippen MR) is 65.9 cm³/mol. The molecule has 1 amide bonds. The molecule has 0 saturated carbocycles. The van der Waals surface area contributed by atoms with E-state index in [4.69, 9.17) is 11.6 Å². The van der Waals surface area contributed by atoms with Crippen LogP contribution in [0.15, 0.2) is 36.4 Å². The van der Waals surface area contributed by atoms with E-state index in [1.807, 2.05) is 0 Å². The van der Waals surface area contributed by atoms with Crippen LogP contribution in [0.5, 0.6) is 0 Å². The third-order valence-corrected chi connectivity index (χ3v) is 2.23. The van der Waals surface area contributed by atoms with E-state index in [2.05, 4.69) is 16.6 Å². The Bertz CT molecular complexity index is 440. The van der Waals surface area contributed by atoms with Gasteiger partial charge in [-0.05, 0) is 24.3 Å². The Balaban J connectivity index is 2.53. The molecule has 1 N–H and O–H groups in total. The lowest BCUT2D eigenvalue weighted by Crippen LogP contribution is -2.15. The molecular formula is C12H12ClNO3. The topological polar surface area (TPSA) is 55.4 Å². The fourth-order valence-corrected chi connectivity index (χ4v) is 1.27. The van der Waals surface area contributed by atoms with E-state index in [9.17, 15) is 9.59 Å². The number of carbonyl (C=O) groups excluding carboxylic acids is 2. The number of methoxy groups -OCH3 is 1. The lowest BCUT2D eigenvalue weighted by atomic mass is 10.2. The van der Waals surface area contributed by atoms with Crippen LogP contribution in [0.4, 0.5) is 5.69 Å². The normalized spacial score (nSPS) is 9.53. The fraction of sp³-hybridized carbons (Fsp3) is 0.167. The minimum Gasteiger partial charge on any atom is -0.466 e. The highest BCUT2D eigenvalue weighted by atomic mass is 35.5. The van der Waals surface area contributed by atoms with Gasteiger partial charge in [-0.1, -0.05) is 18.2 Å². The zero-order valence-corrected chi connectivity index (χ0v) is 10.1. The summed E-state index contributed by atoms with van der Waals surface area (Å²) in [5, 5.41) is 3.20. The second kappa shape index (κ2) is 6.06. The number of halogens is 1. The van der Waals surface area contributed by atoms with Crippen LogP contribution in [0.25, 0.3) is 0 Å². The number of ether oxygens (including phenoxy) is 1. The number of carbonyl (C=O) groups is 2. The van der Waals surface area contributed by atoms with Crippen molar-refractivity contribution in [3.63, 3.8) is 0 Å². The smallest absolute Gasteiger partial charge is 0.333 e. The minimum absolute atomic E-state index is 0.102. The van der Waals surface area contributed by atoms with E-state index in [-0.39, 0.29) is 17.9 Å². The molecule has 0 bridgehead atoms. The van der Waals surface area contributed by atoms with E-state index in [1.165, 1.54) is 7.11 Å². The van der Waals surface area contributed by atoms with Crippen molar-refractivity contribution in [1.29, 1.82) is 0 Å². The number of hydrogen-bond acceptors (Lipinski definition) is 3. The van der Waals surface area contributed by atoms with Crippen LogP contribution >= 0.6 is 11.6 Å². The number of nitrogens with one attached hydrogen (secondary N) is 1. The minimum atomic E-state index is -0.587. The first-order valence-corrected chi connectivity index (χ1v) is 5.22. The molecule has 0 atom stereocenters. The number of esters is 1. The van der Waals surface area contributed by atoms with Gasteiger partial charge in [0.25, 0.3) is 0 Å². The highest BCUT2D eigenvalue weighted by Gasteiger charge is 2.11. The Morgan fingerprint density at radius 3 is 2.47 bits per heavy atom. The first-order chi connectivity index (χ1) is 8.02. The number of rotatable bonds is 4. The van der Waals surface area contributed by atoms with Crippen LogP contribution in [0.2, 0.25) is 5.02 Å². The molecule has 17 heavy (non-hydrogen) atoms. The molecule has 1 rings (SSSR count). The zero-order chi connectivity index (χ0) is 12.8. The van der Waals surface area contributed by atoms with Crippen molar-refractivity contribution in [2.24, 2.45) is 0 Å². The summed E-state index contributed by atoms with van der Waals surface area (Å²) in [5.41, 5.74) is 0.719. The largest absolute Gasteiger partial charge is 0.466 e. The molecule has 0 aromatic heterocycles. The van der Waals surface area contributed by atoms with Crippen LogP contribution in [-0.4, -0.2) is 19.0 Å². The van der Waals surface area contributed by atoms with Crippen molar-refractivity contribution in [2.75, 3.05) is 12.4 Å². The molecule has 1 aromatic carbocycles. The van der Waals surface area contributed by atoms with Crippen molar-refractivity contribution in [3.8, 4) is 0 Å². The van der Waals surface area contributed by atoms with Crippen LogP contribution in [-0.2, 0) is 14.3 Å². The summed E-state index contributed by atoms with van der Waals surface area (Å²) in [6, 6.07) is 6.65. The summed E-state index contributed by atoms with van der Waals surface area (Å²) in [6.07, 6.45) is -0.102. The van der Waals surface area contributed by atoms with Gasteiger partial charge in [0.05, 0.1) is 13.5 Å². The maximum Gasteiger partial charge on any atom is 0.333 e. The summed E-state index contributed by atoms with van der Waals surface area (Å²) in [5.74, 6) is -0.918. The molecule has 0 aliphatic rings. The van der Waals surface area contributed by atoms with Crippen molar-refractivity contribution in [2.45, 2.75) is 6.42 Å². The van der Waals surface area contributed by atoms with Gasteiger partial charge in [0.2, 0.25) is 5.91 Å². The van der Waals surface area contributed by atoms with Crippen molar-refractivity contribution < 1.29 is 14.3 Å². The zero-order valence-electron chi connectivity index (χ0n) is 9.33. The Hall–Kier alpha value is -1.81. The second-order valence-electron chi connectivity index (χ2n) is 3.33. The van der Waals surface area contributed by atoms with Crippen molar-refractivity contribution in [3.05, 3.63) is 41.4 Å². The molecule has 4 nitrogen and oxygen atoms in total. The molecule has 0 saturated heterocycles. The van der Waals surface area contributed by atoms with Gasteiger partial charge in [-0.3, -0.25) is 4.79 Å². The second-order valence-corrected chi connectivity index (χ2v) is 3.76. The Labute approximate surface area is 104 Å². The summed E-state index contributed by atoms with van der Waals surface area (Å²) in [7, 11) is 1.24. The number of amides is 1. The summed E-state index contributed by atoms with van der Waals surface area (Å²) in [6.45, 7) is 3.46. The monoisotopic (exact) mass is 253 g/mol. The average Bonchev–Trinajstić information content (AvgIpc) is 2.30. The van der Waals surface area contributed by atoms with Crippen LogP contribution in [0, 0.1) is 0 Å². The first-order valence-electron chi connectivity index (χ1n) is 4.84. The Morgan fingerprint density at radius 2 is 1.94 bits per heavy atom. The van der Waals surface area contributed by atoms with Gasteiger partial charge >= 0.3 is 5.97 Å². The molecule has 0 aliphatic heterocycles. The Morgan fingerprint density at radius 1 is 1.35 bits per heavy atom. The third kappa shape index (κ3) is 4.28. The first kappa shape index (κ1) is 13.3. The highest BCUT2D eigenvalue weighted by molar-refractivity contribution is 6.30. The number of hydrogen-bond donors (Lipinski definition) is 1. The molecule has 0 fully saturated rings. The predicted octanol–water partition coefficient (Wildman–Crippen LogP) is 2.40. The standard InChI is InChI=1S/C12H12ClNO3/c1-8(12(16)17-2)7-11(15)14-10-5-3-9(13)4-6-10/h3-6H,1,7H2,2H3,(H,14,15). The molecule has 90 valence electrons. The molecule has 0 spiro atoms. The summed E-state index contributed by atoms with van der Waals surface area (Å²) >= 11 is 5.70. The van der Waals surface area contributed by atoms with Crippen LogP contribution < -0.4 is 5.32 Å². The number of anilines is 1. The van der Waals surface area contributed by atoms with Gasteiger partial charge < -0.3 is 10.1 Å². The van der Waals surface area contributed by atoms with Gasteiger partial charge in [-0.15, -0.1) is 0 Å². The lowest BCUT2D eigenvalue weighted by molar-refractivity contribution is -0.137. The maximum atomic E-state index is 11.5. The molecule has 0 radical (unpaired) electrons. The van der Waals surface area contributed by atoms with Gasteiger partial charge in [0.15, 0.2) is 0 Å². The van der Waals surface area contributed by atoms with Crippen molar-refractivity contribution in [1.82, 2.24) is 0 Å². The SMILES string of the molecule is C=C(CC(=O)Nc1ccc(Cl)cc1)C(=O)OC. The van der Waals surface area contributed by atoms with E-state index in [0.717, 1.165) is 0 Å². The molecule has 0 unspecified atom stereocenters. The Kier molecular flexibility index (Phi) is 4.72. The van der Waals surface area contributed by atoms with Crippen LogP contribution in [0.3, 0.4) is 0 Å². The fourth-order valence-electron chi connectivity index (χ4n) is 1.15. The van der Waals surface area contributed by atoms with Gasteiger partial charge in [-0.2, -0.15) is 0 Å². The quantitative estimate of drug-likeness (QED) is 0.662. The van der Waals surface area contributed by atoms with Gasteiger partial charge in [-0.25, -0.2) is 4.79 Å². The summed E-state index contributed by atoms with van der Waals surface area (Å²) in [4.78, 5) is 22.5. The van der Waals surface area contributed by atoms with Gasteiger partial charge in [0.1, 0.15) is 0 Å². The lowest BCUT2D eigenvalue weighted by Gasteiger charge is -2.06. The van der Waals surface area contributed by atoms with E-state index in [0.29, 0.717) is 10.7 Å². The van der Waals surface area contributed by atoms with E-state index in [1.54, 1.807) is 24.3 Å². The highest BCUT2D eigenvalue weighted by Crippen LogP contribution is 2.14. The van der Waals surface area contributed by atoms with Crippen molar-refractivity contribution >= 4 is 29.2 Å². The third-order valence-electron chi connectivity index (χ3n) is 1.98. The molecule has 5 heteroatoms. The van der Waals surface area contributed by atoms with Gasteiger partial charge in [0, 0.05) is 16.3 Å². The van der Waals surface area contributed by atoms with E-state index >= 15 is 0 Å². The van der Waals surface area contributed by atoms with E-state index < -0.39 is 5.97 Å². The molecule has 0 aliphatic carbocycles. The maximum absolute atomic E-state index is 11.5. The summed E-state index contributed by atoms with van der Waals surface area (Å²) < 4.78 is 4.44. The average molecular weight is 254 g/mol. The van der Waals surface area contributed by atoms with Crippen LogP contribution in [0.1, 0.15) is 6.42 Å². The molecular weight excluding hydrogens is 242 g/mol. The molecule has 0 heterocycles.